The fourth-order valence-electron chi connectivity index (χ4n) is 6.63. The molecule has 0 saturated heterocycles. The highest BCUT2D eigenvalue weighted by Crippen LogP contribution is 2.45. The molecule has 3 unspecified atom stereocenters. The lowest BCUT2D eigenvalue weighted by Crippen LogP contribution is -2.51. The summed E-state index contributed by atoms with van der Waals surface area (Å²) in [5, 5.41) is 5.93. The van der Waals surface area contributed by atoms with Crippen molar-refractivity contribution in [3.05, 3.63) is 55.6 Å². The van der Waals surface area contributed by atoms with Crippen LogP contribution in [0.3, 0.4) is 0 Å². The maximum atomic E-state index is 13.0. The van der Waals surface area contributed by atoms with E-state index in [2.05, 4.69) is 44.6 Å². The normalized spacial score (nSPS) is 24.3. The van der Waals surface area contributed by atoms with Gasteiger partial charge in [-0.3, -0.25) is 0 Å². The van der Waals surface area contributed by atoms with Crippen molar-refractivity contribution in [2.75, 3.05) is 33.0 Å². The lowest BCUT2D eigenvalue weighted by molar-refractivity contribution is -0.141. The van der Waals surface area contributed by atoms with Gasteiger partial charge in [-0.1, -0.05) is 52.1 Å². The molecule has 0 aromatic heterocycles. The summed E-state index contributed by atoms with van der Waals surface area (Å²) in [6.45, 7) is 14.1. The Morgan fingerprint density at radius 3 is 2.09 bits per heavy atom. The van der Waals surface area contributed by atoms with Crippen LogP contribution in [0.25, 0.3) is 0 Å². The number of ether oxygens (including phenoxy) is 5. The fourth-order valence-corrected chi connectivity index (χ4v) is 6.63. The first-order valence-electron chi connectivity index (χ1n) is 16.0. The topological polar surface area (TPSA) is 138 Å². The minimum absolute atomic E-state index is 0.00560. The molecule has 0 heterocycles. The Labute approximate surface area is 272 Å². The van der Waals surface area contributed by atoms with Crippen LogP contribution in [0.5, 0.6) is 5.75 Å². The number of hydrogen-bond donors (Lipinski definition) is 2. The average Bonchev–Trinajstić information content (AvgIpc) is 3.02. The third-order valence-corrected chi connectivity index (χ3v) is 8.50. The highest BCUT2D eigenvalue weighted by molar-refractivity contribution is 5.81. The SMILES string of the molecule is C=CC(=O)OCC1CCC(COC(=O)NCC2(C)CC(NC(=O)OC(COC(=O)C=C)COc3ccccc3)CC(C)(C)C2)CC1. The van der Waals surface area contributed by atoms with Crippen LogP contribution in [0.4, 0.5) is 9.59 Å². The Hall–Kier alpha value is -4.02. The minimum Gasteiger partial charge on any atom is -0.490 e. The Morgan fingerprint density at radius 1 is 0.848 bits per heavy atom. The summed E-state index contributed by atoms with van der Waals surface area (Å²) in [4.78, 5) is 48.6. The van der Waals surface area contributed by atoms with Gasteiger partial charge in [-0.2, -0.15) is 0 Å². The summed E-state index contributed by atoms with van der Waals surface area (Å²) < 4.78 is 27.2. The quantitative estimate of drug-likeness (QED) is 0.139. The van der Waals surface area contributed by atoms with Crippen LogP contribution in [-0.2, 0) is 28.5 Å². The summed E-state index contributed by atoms with van der Waals surface area (Å²) >= 11 is 0. The van der Waals surface area contributed by atoms with Crippen molar-refractivity contribution in [2.24, 2.45) is 22.7 Å². The van der Waals surface area contributed by atoms with Crippen molar-refractivity contribution >= 4 is 24.1 Å². The Bertz CT molecular complexity index is 1180. The maximum Gasteiger partial charge on any atom is 0.407 e. The standard InChI is InChI=1S/C35H50N2O9/c1-6-30(38)43-19-25-13-15-26(16-14-25)20-45-32(40)36-24-35(5)18-27(17-34(3,4)23-35)37-33(41)46-29(22-44-31(39)7-2)21-42-28-11-9-8-10-12-28/h6-12,25-27,29H,1-2,13-24H2,3-5H3,(H,36,40)(H,37,41). The van der Waals surface area contributed by atoms with E-state index >= 15 is 0 Å². The Balaban J connectivity index is 1.45. The van der Waals surface area contributed by atoms with E-state index in [1.807, 2.05) is 18.2 Å². The van der Waals surface area contributed by atoms with Crippen molar-refractivity contribution in [1.29, 1.82) is 0 Å². The van der Waals surface area contributed by atoms with E-state index in [0.29, 0.717) is 37.8 Å². The number of amides is 2. The summed E-state index contributed by atoms with van der Waals surface area (Å²) in [7, 11) is 0. The van der Waals surface area contributed by atoms with E-state index in [-0.39, 0.29) is 36.0 Å². The largest absolute Gasteiger partial charge is 0.490 e. The van der Waals surface area contributed by atoms with Crippen molar-refractivity contribution < 1.29 is 42.9 Å². The zero-order valence-electron chi connectivity index (χ0n) is 27.4. The predicted octanol–water partition coefficient (Wildman–Crippen LogP) is 5.74. The number of carbonyl (C=O) groups excluding carboxylic acids is 4. The molecule has 46 heavy (non-hydrogen) atoms. The molecule has 2 aliphatic rings. The van der Waals surface area contributed by atoms with Crippen LogP contribution in [-0.4, -0.2) is 69.2 Å². The molecule has 254 valence electrons. The highest BCUT2D eigenvalue weighted by atomic mass is 16.6. The molecule has 3 rings (SSSR count). The zero-order valence-corrected chi connectivity index (χ0v) is 27.4. The molecule has 11 nitrogen and oxygen atoms in total. The van der Waals surface area contributed by atoms with Crippen LogP contribution in [0, 0.1) is 22.7 Å². The lowest BCUT2D eigenvalue weighted by Gasteiger charge is -2.46. The van der Waals surface area contributed by atoms with Crippen LogP contribution in [0.2, 0.25) is 0 Å². The second kappa shape index (κ2) is 17.6. The maximum absolute atomic E-state index is 13.0. The van der Waals surface area contributed by atoms with Crippen molar-refractivity contribution in [3.8, 4) is 5.75 Å². The van der Waals surface area contributed by atoms with Crippen molar-refractivity contribution in [2.45, 2.75) is 77.9 Å². The number of esters is 2. The molecule has 0 aliphatic heterocycles. The fraction of sp³-hybridized carbons (Fsp3) is 0.600. The number of para-hydroxylation sites is 1. The van der Waals surface area contributed by atoms with Gasteiger partial charge in [-0.25, -0.2) is 19.2 Å². The van der Waals surface area contributed by atoms with Crippen LogP contribution < -0.4 is 15.4 Å². The number of alkyl carbamates (subject to hydrolysis) is 2. The molecule has 0 radical (unpaired) electrons. The Kier molecular flexibility index (Phi) is 14.0. The summed E-state index contributed by atoms with van der Waals surface area (Å²) in [5.41, 5.74) is -0.403. The Morgan fingerprint density at radius 2 is 1.46 bits per heavy atom. The first-order chi connectivity index (χ1) is 21.9. The van der Waals surface area contributed by atoms with Crippen molar-refractivity contribution in [3.63, 3.8) is 0 Å². The van der Waals surface area contributed by atoms with Gasteiger partial charge in [0.1, 0.15) is 19.0 Å². The number of rotatable bonds is 15. The average molecular weight is 643 g/mol. The van der Waals surface area contributed by atoms with Crippen LogP contribution >= 0.6 is 0 Å². The summed E-state index contributed by atoms with van der Waals surface area (Å²) in [5.74, 6) is 0.175. The van der Waals surface area contributed by atoms with E-state index in [9.17, 15) is 19.2 Å². The third kappa shape index (κ3) is 13.1. The number of hydrogen-bond acceptors (Lipinski definition) is 9. The minimum atomic E-state index is -0.839. The summed E-state index contributed by atoms with van der Waals surface area (Å²) in [6.07, 6.45) is 6.16. The van der Waals surface area contributed by atoms with E-state index in [4.69, 9.17) is 23.7 Å². The second-order valence-electron chi connectivity index (χ2n) is 13.6. The number of benzene rings is 1. The molecule has 2 N–H and O–H groups in total. The van der Waals surface area contributed by atoms with Crippen LogP contribution in [0.15, 0.2) is 55.6 Å². The zero-order chi connectivity index (χ0) is 33.6. The van der Waals surface area contributed by atoms with E-state index in [1.54, 1.807) is 12.1 Å². The van der Waals surface area contributed by atoms with Gasteiger partial charge in [0.05, 0.1) is 13.2 Å². The van der Waals surface area contributed by atoms with Gasteiger partial charge in [0.25, 0.3) is 0 Å². The van der Waals surface area contributed by atoms with Gasteiger partial charge in [-0.05, 0) is 79.7 Å². The predicted molar refractivity (Wildman–Crippen MR) is 172 cm³/mol. The third-order valence-electron chi connectivity index (χ3n) is 8.50. The van der Waals surface area contributed by atoms with Gasteiger partial charge in [0.2, 0.25) is 0 Å². The molecule has 2 saturated carbocycles. The van der Waals surface area contributed by atoms with Gasteiger partial charge in [-0.15, -0.1) is 0 Å². The van der Waals surface area contributed by atoms with Crippen molar-refractivity contribution in [1.82, 2.24) is 10.6 Å². The molecule has 1 aromatic carbocycles. The van der Waals surface area contributed by atoms with Gasteiger partial charge in [0.15, 0.2) is 6.10 Å². The highest BCUT2D eigenvalue weighted by Gasteiger charge is 2.42. The second-order valence-corrected chi connectivity index (χ2v) is 13.6. The van der Waals surface area contributed by atoms with E-state index in [1.165, 1.54) is 6.08 Å². The lowest BCUT2D eigenvalue weighted by atomic mass is 9.62. The summed E-state index contributed by atoms with van der Waals surface area (Å²) in [6, 6.07) is 8.87. The molecular formula is C35H50N2O9. The van der Waals surface area contributed by atoms with Crippen LogP contribution in [0.1, 0.15) is 65.7 Å². The monoisotopic (exact) mass is 642 g/mol. The molecule has 2 amide bonds. The van der Waals surface area contributed by atoms with Gasteiger partial charge in [0, 0.05) is 24.7 Å². The van der Waals surface area contributed by atoms with E-state index in [0.717, 1.165) is 44.6 Å². The molecular weight excluding hydrogens is 592 g/mol. The smallest absolute Gasteiger partial charge is 0.407 e. The molecule has 11 heteroatoms. The number of carbonyl (C=O) groups is 4. The first-order valence-corrected chi connectivity index (χ1v) is 16.0. The molecule has 2 fully saturated rings. The molecule has 1 aromatic rings. The molecule has 0 spiro atoms. The van der Waals surface area contributed by atoms with Gasteiger partial charge < -0.3 is 34.3 Å². The first kappa shape index (κ1) is 36.4. The van der Waals surface area contributed by atoms with E-state index < -0.39 is 30.2 Å². The molecule has 3 atom stereocenters. The molecule has 0 bridgehead atoms. The molecule has 2 aliphatic carbocycles. The number of nitrogens with one attached hydrogen (secondary N) is 2. The van der Waals surface area contributed by atoms with Gasteiger partial charge >= 0.3 is 24.1 Å².